The molecule has 172 valence electrons. The molecule has 1 heterocycles. The van der Waals surface area contributed by atoms with Gasteiger partial charge in [-0.25, -0.2) is 9.37 Å². The van der Waals surface area contributed by atoms with E-state index < -0.39 is 5.97 Å². The Morgan fingerprint density at radius 2 is 1.62 bits per heavy atom. The van der Waals surface area contributed by atoms with Gasteiger partial charge in [0, 0.05) is 24.6 Å². The van der Waals surface area contributed by atoms with Crippen molar-refractivity contribution in [3.63, 3.8) is 0 Å². The van der Waals surface area contributed by atoms with Gasteiger partial charge >= 0.3 is 5.97 Å². The van der Waals surface area contributed by atoms with Crippen molar-refractivity contribution in [1.82, 2.24) is 4.98 Å². The number of rotatable bonds is 8. The summed E-state index contributed by atoms with van der Waals surface area (Å²) in [5.74, 6) is -0.272. The van der Waals surface area contributed by atoms with Gasteiger partial charge in [0.05, 0.1) is 11.2 Å². The Morgan fingerprint density at radius 1 is 0.941 bits per heavy atom. The molecule has 6 heteroatoms. The number of nitrogens with zero attached hydrogens (tertiary/aromatic N) is 1. The molecule has 0 aliphatic heterocycles. The van der Waals surface area contributed by atoms with E-state index in [1.807, 2.05) is 60.7 Å². The lowest BCUT2D eigenvalue weighted by Crippen LogP contribution is -2.11. The van der Waals surface area contributed by atoms with E-state index in [0.717, 1.165) is 27.7 Å². The lowest BCUT2D eigenvalue weighted by Gasteiger charge is -2.19. The fourth-order valence-electron chi connectivity index (χ4n) is 3.86. The molecule has 1 N–H and O–H groups in total. The number of halogens is 1. The number of carbonyl (C=O) groups excluding carboxylic acids is 1. The highest BCUT2D eigenvalue weighted by atomic mass is 19.1. The number of carbonyl (C=O) groups is 1. The molecular weight excluding hydrogens is 431 g/mol. The van der Waals surface area contributed by atoms with Crippen LogP contribution in [0.4, 0.5) is 4.39 Å². The number of fused-ring (bicyclic) bond motifs is 1. The Balaban J connectivity index is 1.46. The van der Waals surface area contributed by atoms with Crippen molar-refractivity contribution in [1.29, 1.82) is 5.41 Å². The number of nitrogens with one attached hydrogen (secondary N) is 1. The van der Waals surface area contributed by atoms with Gasteiger partial charge in [-0.1, -0.05) is 48.5 Å². The van der Waals surface area contributed by atoms with Gasteiger partial charge in [0.25, 0.3) is 0 Å². The van der Waals surface area contributed by atoms with Crippen LogP contribution >= 0.6 is 0 Å². The minimum Gasteiger partial charge on any atom is -0.487 e. The molecule has 0 radical (unpaired) electrons. The molecule has 1 unspecified atom stereocenters. The number of hydrogen-bond donors (Lipinski definition) is 1. The third kappa shape index (κ3) is 6.04. The number of hydrogen-bond acceptors (Lipinski definition) is 5. The van der Waals surface area contributed by atoms with Crippen molar-refractivity contribution in [2.45, 2.75) is 32.3 Å². The molecule has 0 spiro atoms. The number of pyridine rings is 1. The largest absolute Gasteiger partial charge is 0.487 e. The molecule has 3 aromatic carbocycles. The third-order valence-corrected chi connectivity index (χ3v) is 5.52. The molecule has 4 rings (SSSR count). The molecule has 0 fully saturated rings. The topological polar surface area (TPSA) is 72.3 Å². The maximum absolute atomic E-state index is 13.5. The van der Waals surface area contributed by atoms with Crippen LogP contribution in [0.25, 0.3) is 10.9 Å². The summed E-state index contributed by atoms with van der Waals surface area (Å²) in [5, 5.41) is 8.95. The van der Waals surface area contributed by atoms with E-state index in [2.05, 4.69) is 4.98 Å². The van der Waals surface area contributed by atoms with E-state index in [-0.39, 0.29) is 24.1 Å². The summed E-state index contributed by atoms with van der Waals surface area (Å²) in [4.78, 5) is 15.8. The van der Waals surface area contributed by atoms with Gasteiger partial charge in [0.2, 0.25) is 0 Å². The summed E-state index contributed by atoms with van der Waals surface area (Å²) < 4.78 is 24.3. The van der Waals surface area contributed by atoms with Crippen LogP contribution in [0.2, 0.25) is 0 Å². The summed E-state index contributed by atoms with van der Waals surface area (Å²) in [6.07, 6.45) is 0.826. The van der Waals surface area contributed by atoms with Crippen molar-refractivity contribution < 1.29 is 18.7 Å². The fraction of sp³-hybridized carbons (Fsp3) is 0.179. The minimum absolute atomic E-state index is 0.0811. The van der Waals surface area contributed by atoms with Crippen molar-refractivity contribution in [3.8, 4) is 5.75 Å². The molecule has 5 nitrogen and oxygen atoms in total. The quantitative estimate of drug-likeness (QED) is 0.189. The van der Waals surface area contributed by atoms with Gasteiger partial charge in [-0.05, 0) is 53.9 Å². The zero-order chi connectivity index (χ0) is 23.9. The number of benzene rings is 3. The van der Waals surface area contributed by atoms with E-state index in [0.29, 0.717) is 18.8 Å². The standard InChI is InChI=1S/C28H25FN2O3/c1-19(32)34-28(30)17-16-26(20-6-11-23(29)12-7-20)21-9-14-25(15-10-21)33-18-24-13-8-22-4-2-3-5-27(22)31-24/h2-15,26,30H,16-18H2,1H3. The van der Waals surface area contributed by atoms with Crippen molar-refractivity contribution >= 4 is 22.8 Å². The number of para-hydroxylation sites is 1. The van der Waals surface area contributed by atoms with Gasteiger partial charge in [0.1, 0.15) is 18.2 Å². The van der Waals surface area contributed by atoms with Gasteiger partial charge in [0.15, 0.2) is 5.90 Å². The van der Waals surface area contributed by atoms with E-state index in [1.54, 1.807) is 12.1 Å². The molecular formula is C28H25FN2O3. The summed E-state index contributed by atoms with van der Waals surface area (Å²) in [7, 11) is 0. The Morgan fingerprint density at radius 3 is 2.32 bits per heavy atom. The highest BCUT2D eigenvalue weighted by Crippen LogP contribution is 2.31. The Hall–Kier alpha value is -4.06. The number of esters is 1. The van der Waals surface area contributed by atoms with Crippen LogP contribution < -0.4 is 4.74 Å². The second-order valence-electron chi connectivity index (χ2n) is 8.01. The average Bonchev–Trinajstić information content (AvgIpc) is 2.84. The molecule has 4 aromatic rings. The van der Waals surface area contributed by atoms with Crippen LogP contribution in [0.5, 0.6) is 5.75 Å². The summed E-state index contributed by atoms with van der Waals surface area (Å²) in [6.45, 7) is 1.63. The van der Waals surface area contributed by atoms with Crippen molar-refractivity contribution in [2.24, 2.45) is 0 Å². The molecule has 0 bridgehead atoms. The van der Waals surface area contributed by atoms with Crippen LogP contribution in [0.1, 0.15) is 42.5 Å². The molecule has 34 heavy (non-hydrogen) atoms. The van der Waals surface area contributed by atoms with E-state index in [4.69, 9.17) is 14.9 Å². The highest BCUT2D eigenvalue weighted by molar-refractivity contribution is 5.85. The highest BCUT2D eigenvalue weighted by Gasteiger charge is 2.17. The van der Waals surface area contributed by atoms with Crippen molar-refractivity contribution in [2.75, 3.05) is 0 Å². The Kier molecular flexibility index (Phi) is 7.28. The average molecular weight is 457 g/mol. The molecule has 0 saturated carbocycles. The van der Waals surface area contributed by atoms with E-state index in [1.165, 1.54) is 19.1 Å². The Labute approximate surface area is 197 Å². The first-order valence-corrected chi connectivity index (χ1v) is 11.1. The van der Waals surface area contributed by atoms with Crippen LogP contribution in [-0.4, -0.2) is 16.9 Å². The lowest BCUT2D eigenvalue weighted by atomic mass is 9.87. The first kappa shape index (κ1) is 23.1. The van der Waals surface area contributed by atoms with Crippen LogP contribution in [-0.2, 0) is 16.1 Å². The van der Waals surface area contributed by atoms with Crippen LogP contribution in [0.3, 0.4) is 0 Å². The summed E-state index contributed by atoms with van der Waals surface area (Å²) in [5.41, 5.74) is 3.70. The SMILES string of the molecule is CC(=O)OC(=N)CCC(c1ccc(F)cc1)c1ccc(OCc2ccc3ccccc3n2)cc1. The second kappa shape index (κ2) is 10.7. The third-order valence-electron chi connectivity index (χ3n) is 5.52. The van der Waals surface area contributed by atoms with Gasteiger partial charge < -0.3 is 9.47 Å². The van der Waals surface area contributed by atoms with E-state index in [9.17, 15) is 9.18 Å². The lowest BCUT2D eigenvalue weighted by molar-refractivity contribution is -0.133. The smallest absolute Gasteiger partial charge is 0.309 e. The monoisotopic (exact) mass is 456 g/mol. The van der Waals surface area contributed by atoms with Gasteiger partial charge in [-0.2, -0.15) is 0 Å². The number of aromatic nitrogens is 1. The first-order chi connectivity index (χ1) is 16.5. The predicted octanol–water partition coefficient (Wildman–Crippen LogP) is 6.41. The first-order valence-electron chi connectivity index (χ1n) is 11.1. The second-order valence-corrected chi connectivity index (χ2v) is 8.01. The molecule has 0 aliphatic rings. The number of ether oxygens (including phenoxy) is 2. The van der Waals surface area contributed by atoms with E-state index >= 15 is 0 Å². The van der Waals surface area contributed by atoms with Gasteiger partial charge in [-0.3, -0.25) is 10.2 Å². The maximum atomic E-state index is 13.5. The van der Waals surface area contributed by atoms with Crippen molar-refractivity contribution in [3.05, 3.63) is 108 Å². The van der Waals surface area contributed by atoms with Crippen LogP contribution in [0.15, 0.2) is 84.9 Å². The fourth-order valence-corrected chi connectivity index (χ4v) is 3.86. The Bertz CT molecular complexity index is 1290. The normalized spacial score (nSPS) is 11.7. The predicted molar refractivity (Wildman–Crippen MR) is 129 cm³/mol. The molecule has 1 aromatic heterocycles. The molecule has 0 saturated heterocycles. The summed E-state index contributed by atoms with van der Waals surface area (Å²) in [6, 6.07) is 26.0. The zero-order valence-electron chi connectivity index (χ0n) is 18.8. The maximum Gasteiger partial charge on any atom is 0.309 e. The molecule has 1 atom stereocenters. The summed E-state index contributed by atoms with van der Waals surface area (Å²) >= 11 is 0. The minimum atomic E-state index is -0.509. The zero-order valence-corrected chi connectivity index (χ0v) is 18.8. The van der Waals surface area contributed by atoms with Gasteiger partial charge in [-0.15, -0.1) is 0 Å². The molecule has 0 amide bonds. The molecule has 0 aliphatic carbocycles. The van der Waals surface area contributed by atoms with Crippen LogP contribution in [0, 0.1) is 11.2 Å².